The molecule has 0 saturated heterocycles. The first kappa shape index (κ1) is 32.4. The Bertz CT molecular complexity index is 1570. The van der Waals surface area contributed by atoms with E-state index in [4.69, 9.17) is 19.4 Å². The fraction of sp³-hybridized carbons (Fsp3) is 0.500. The molecule has 0 radical (unpaired) electrons. The molecule has 2 heterocycles. The molecule has 2 aliphatic rings. The van der Waals surface area contributed by atoms with Gasteiger partial charge in [-0.05, 0) is 63.0 Å². The molecule has 2 aliphatic carbocycles. The number of nitrogens with zero attached hydrogens (tertiary/aromatic N) is 3. The number of aliphatic carboxylic acids is 1. The topological polar surface area (TPSA) is 131 Å². The summed E-state index contributed by atoms with van der Waals surface area (Å²) < 4.78 is 12.0. The number of hydrogen-bond acceptors (Lipinski definition) is 8. The number of unbranched alkanes of at least 4 members (excludes halogenated alkanes) is 2. The summed E-state index contributed by atoms with van der Waals surface area (Å²) in [4.78, 5) is 47.5. The quantitative estimate of drug-likeness (QED) is 0.122. The average molecular weight is 635 g/mol. The lowest BCUT2D eigenvalue weighted by Gasteiger charge is -2.19. The van der Waals surface area contributed by atoms with E-state index in [0.29, 0.717) is 49.6 Å². The van der Waals surface area contributed by atoms with Gasteiger partial charge in [0.2, 0.25) is 12.3 Å². The molecule has 0 unspecified atom stereocenters. The number of carbonyl (C=O) groups is 3. The van der Waals surface area contributed by atoms with Gasteiger partial charge >= 0.3 is 5.97 Å². The SMILES string of the molecule is COc1ccc2c(O[C@H]3CC[C@H](C(=O)N[C@]4(C(=O)O)C[C@H]4/C=C\CCCCN(C)C=O)C3)cc(-c3nc(C(C)C)cs3)nc2c1. The summed E-state index contributed by atoms with van der Waals surface area (Å²) in [6.45, 7) is 4.91. The maximum Gasteiger partial charge on any atom is 0.330 e. The van der Waals surface area contributed by atoms with E-state index in [1.165, 1.54) is 0 Å². The number of benzene rings is 1. The normalized spacial score (nSPS) is 22.6. The van der Waals surface area contributed by atoms with E-state index in [0.717, 1.165) is 53.0 Å². The van der Waals surface area contributed by atoms with Crippen molar-refractivity contribution in [3.05, 3.63) is 47.5 Å². The van der Waals surface area contributed by atoms with Crippen LogP contribution in [-0.4, -0.2) is 70.6 Å². The minimum atomic E-state index is -1.25. The fourth-order valence-electron chi connectivity index (χ4n) is 5.87. The van der Waals surface area contributed by atoms with Gasteiger partial charge in [-0.1, -0.05) is 26.0 Å². The first-order valence-corrected chi connectivity index (χ1v) is 16.5. The molecule has 2 amide bonds. The zero-order valence-corrected chi connectivity index (χ0v) is 27.1. The van der Waals surface area contributed by atoms with Crippen molar-refractivity contribution in [1.82, 2.24) is 20.2 Å². The number of allylic oxidation sites excluding steroid dienone is 1. The number of carboxylic acid groups (broad SMARTS) is 1. The highest BCUT2D eigenvalue weighted by atomic mass is 32.1. The fourth-order valence-corrected chi connectivity index (χ4v) is 6.81. The monoisotopic (exact) mass is 634 g/mol. The average Bonchev–Trinajstić information content (AvgIpc) is 3.35. The molecule has 2 fully saturated rings. The molecule has 3 aromatic rings. The number of aromatic nitrogens is 2. The lowest BCUT2D eigenvalue weighted by molar-refractivity contribution is -0.144. The number of methoxy groups -OCH3 is 1. The van der Waals surface area contributed by atoms with Crippen LogP contribution in [0.3, 0.4) is 0 Å². The van der Waals surface area contributed by atoms with Crippen molar-refractivity contribution < 1.29 is 29.0 Å². The molecule has 240 valence electrons. The van der Waals surface area contributed by atoms with Gasteiger partial charge in [0.05, 0.1) is 24.4 Å². The number of hydrogen-bond donors (Lipinski definition) is 2. The van der Waals surface area contributed by atoms with Crippen LogP contribution in [0.4, 0.5) is 0 Å². The number of carbonyl (C=O) groups excluding carboxylic acids is 2. The van der Waals surface area contributed by atoms with Gasteiger partial charge in [-0.15, -0.1) is 11.3 Å². The van der Waals surface area contributed by atoms with Crippen LogP contribution in [0.2, 0.25) is 0 Å². The van der Waals surface area contributed by atoms with Crippen molar-refractivity contribution in [3.63, 3.8) is 0 Å². The zero-order valence-electron chi connectivity index (χ0n) is 26.3. The molecule has 2 saturated carbocycles. The Balaban J connectivity index is 1.23. The molecule has 45 heavy (non-hydrogen) atoms. The van der Waals surface area contributed by atoms with Crippen LogP contribution in [0.1, 0.15) is 70.4 Å². The van der Waals surface area contributed by atoms with Crippen molar-refractivity contribution in [3.8, 4) is 22.2 Å². The van der Waals surface area contributed by atoms with E-state index in [1.54, 1.807) is 30.4 Å². The molecule has 0 aliphatic heterocycles. The maximum atomic E-state index is 13.3. The Morgan fingerprint density at radius 2 is 2.04 bits per heavy atom. The molecule has 2 aromatic heterocycles. The summed E-state index contributed by atoms with van der Waals surface area (Å²) in [5.74, 6) is -0.110. The molecule has 11 heteroatoms. The third-order valence-corrected chi connectivity index (χ3v) is 9.67. The lowest BCUT2D eigenvalue weighted by atomic mass is 10.1. The maximum absolute atomic E-state index is 13.3. The largest absolute Gasteiger partial charge is 0.497 e. The molecular weight excluding hydrogens is 592 g/mol. The second-order valence-corrected chi connectivity index (χ2v) is 13.3. The van der Waals surface area contributed by atoms with Crippen LogP contribution >= 0.6 is 11.3 Å². The Hall–Kier alpha value is -3.99. The van der Waals surface area contributed by atoms with E-state index in [2.05, 4.69) is 24.5 Å². The molecular formula is C34H42N4O6S. The van der Waals surface area contributed by atoms with Gasteiger partial charge in [0.15, 0.2) is 0 Å². The highest BCUT2D eigenvalue weighted by molar-refractivity contribution is 7.13. The van der Waals surface area contributed by atoms with E-state index in [1.807, 2.05) is 36.4 Å². The standard InChI is InChI=1S/C34H42N4O6S/c1-21(2)29-19-45-32(36-29)28-17-30(26-13-12-24(43-4)16-27(26)35-28)44-25-11-10-22(15-25)31(40)37-34(33(41)42)18-23(34)9-7-5-6-8-14-38(3)20-39/h7,9,12-13,16-17,19-23,25H,5-6,8,10-11,14-15,18H2,1-4H3,(H,37,40)(H,41,42)/b9-7-/t22-,23+,25-,34+/m0/s1. The van der Waals surface area contributed by atoms with E-state index in [9.17, 15) is 19.5 Å². The Kier molecular flexibility index (Phi) is 10.1. The number of pyridine rings is 1. The highest BCUT2D eigenvalue weighted by Crippen LogP contribution is 2.46. The van der Waals surface area contributed by atoms with Crippen LogP contribution < -0.4 is 14.8 Å². The second kappa shape index (κ2) is 14.0. The smallest absolute Gasteiger partial charge is 0.330 e. The van der Waals surface area contributed by atoms with Gasteiger partial charge in [-0.3, -0.25) is 9.59 Å². The van der Waals surface area contributed by atoms with Gasteiger partial charge in [-0.25, -0.2) is 14.8 Å². The number of amides is 2. The minimum Gasteiger partial charge on any atom is -0.497 e. The van der Waals surface area contributed by atoms with Gasteiger partial charge in [0.1, 0.15) is 27.7 Å². The number of nitrogens with one attached hydrogen (secondary N) is 1. The Morgan fingerprint density at radius 1 is 1.22 bits per heavy atom. The first-order valence-electron chi connectivity index (χ1n) is 15.6. The van der Waals surface area contributed by atoms with E-state index >= 15 is 0 Å². The molecule has 2 N–H and O–H groups in total. The van der Waals surface area contributed by atoms with Crippen LogP contribution in [-0.2, 0) is 14.4 Å². The molecule has 10 nitrogen and oxygen atoms in total. The van der Waals surface area contributed by atoms with Crippen molar-refractivity contribution in [2.75, 3.05) is 20.7 Å². The lowest BCUT2D eigenvalue weighted by Crippen LogP contribution is -2.47. The van der Waals surface area contributed by atoms with Gasteiger partial charge < -0.3 is 24.8 Å². The first-order chi connectivity index (χ1) is 21.6. The van der Waals surface area contributed by atoms with Crippen molar-refractivity contribution in [2.45, 2.75) is 76.4 Å². The number of fused-ring (bicyclic) bond motifs is 1. The van der Waals surface area contributed by atoms with Crippen LogP contribution in [0.5, 0.6) is 11.5 Å². The third-order valence-electron chi connectivity index (χ3n) is 8.78. The van der Waals surface area contributed by atoms with Gasteiger partial charge in [-0.2, -0.15) is 0 Å². The number of ether oxygens (including phenoxy) is 2. The van der Waals surface area contributed by atoms with Crippen LogP contribution in [0.15, 0.2) is 41.8 Å². The second-order valence-electron chi connectivity index (χ2n) is 12.5. The summed E-state index contributed by atoms with van der Waals surface area (Å²) in [5.41, 5.74) is 1.22. The predicted molar refractivity (Wildman–Crippen MR) is 174 cm³/mol. The number of carboxylic acids is 1. The predicted octanol–water partition coefficient (Wildman–Crippen LogP) is 5.81. The highest BCUT2D eigenvalue weighted by Gasteiger charge is 2.61. The van der Waals surface area contributed by atoms with E-state index < -0.39 is 11.5 Å². The van der Waals surface area contributed by atoms with E-state index in [-0.39, 0.29) is 23.8 Å². The number of thiazole rings is 1. The summed E-state index contributed by atoms with van der Waals surface area (Å²) in [6.07, 6.45) is 9.28. The van der Waals surface area contributed by atoms with Crippen molar-refractivity contribution in [1.29, 1.82) is 0 Å². The summed E-state index contributed by atoms with van der Waals surface area (Å²) in [5, 5.41) is 16.6. The van der Waals surface area contributed by atoms with Gasteiger partial charge in [0.25, 0.3) is 0 Å². The van der Waals surface area contributed by atoms with Crippen LogP contribution in [0, 0.1) is 11.8 Å². The van der Waals surface area contributed by atoms with Crippen molar-refractivity contribution in [2.24, 2.45) is 11.8 Å². The summed E-state index contributed by atoms with van der Waals surface area (Å²) in [6, 6.07) is 7.61. The molecule has 4 atom stereocenters. The Labute approximate surface area is 267 Å². The minimum absolute atomic E-state index is 0.197. The molecule has 1 aromatic carbocycles. The number of rotatable bonds is 15. The van der Waals surface area contributed by atoms with Crippen LogP contribution in [0.25, 0.3) is 21.6 Å². The summed E-state index contributed by atoms with van der Waals surface area (Å²) >= 11 is 1.55. The van der Waals surface area contributed by atoms with Gasteiger partial charge in [0, 0.05) is 48.3 Å². The molecule has 0 bridgehead atoms. The molecule has 0 spiro atoms. The zero-order chi connectivity index (χ0) is 32.1. The Morgan fingerprint density at radius 3 is 2.76 bits per heavy atom. The van der Waals surface area contributed by atoms with Crippen molar-refractivity contribution >= 4 is 40.5 Å². The third kappa shape index (κ3) is 7.46. The summed E-state index contributed by atoms with van der Waals surface area (Å²) in [7, 11) is 3.37. The molecule has 5 rings (SSSR count).